The minimum absolute atomic E-state index is 0.0115. The molecule has 0 aliphatic heterocycles. The van der Waals surface area contributed by atoms with Gasteiger partial charge in [0.15, 0.2) is 0 Å². The smallest absolute Gasteiger partial charge is 0.387 e. The van der Waals surface area contributed by atoms with E-state index < -0.39 is 24.4 Å². The number of rotatable bonds is 6. The predicted octanol–water partition coefficient (Wildman–Crippen LogP) is 3.82. The molecular weight excluding hydrogens is 333 g/mol. The van der Waals surface area contributed by atoms with E-state index in [1.807, 2.05) is 6.07 Å². The molecule has 0 saturated heterocycles. The highest BCUT2D eigenvalue weighted by Gasteiger charge is 2.12. The number of ether oxygens (including phenoxy) is 1. The summed E-state index contributed by atoms with van der Waals surface area (Å²) >= 11 is 0. The lowest BCUT2D eigenvalue weighted by Crippen LogP contribution is -2.25. The summed E-state index contributed by atoms with van der Waals surface area (Å²) < 4.78 is 41.2. The van der Waals surface area contributed by atoms with Crippen molar-refractivity contribution in [2.45, 2.75) is 12.7 Å². The lowest BCUT2D eigenvalue weighted by molar-refractivity contribution is -0.116. The van der Waals surface area contributed by atoms with Crippen LogP contribution in [0.2, 0.25) is 0 Å². The maximum absolute atomic E-state index is 12.9. The van der Waals surface area contributed by atoms with Crippen molar-refractivity contribution < 1.29 is 22.7 Å². The van der Waals surface area contributed by atoms with Gasteiger partial charge in [0.2, 0.25) is 5.91 Å². The Balaban J connectivity index is 1.97. The molecular formula is C18H13F3N2O2. The Morgan fingerprint density at radius 2 is 1.76 bits per heavy atom. The largest absolute Gasteiger partial charge is 0.435 e. The maximum Gasteiger partial charge on any atom is 0.387 e. The molecule has 1 atom stereocenters. The lowest BCUT2D eigenvalue weighted by Gasteiger charge is -2.10. The Hall–Kier alpha value is -3.27. The molecule has 4 nitrogen and oxygen atoms in total. The van der Waals surface area contributed by atoms with E-state index >= 15 is 0 Å². The Kier molecular flexibility index (Phi) is 6.18. The molecule has 0 saturated carbocycles. The number of benzene rings is 2. The van der Waals surface area contributed by atoms with Crippen LogP contribution in [0.5, 0.6) is 5.75 Å². The molecule has 0 aliphatic carbocycles. The number of alkyl halides is 2. The van der Waals surface area contributed by atoms with E-state index in [0.29, 0.717) is 11.1 Å². The average molecular weight is 346 g/mol. The number of carbonyl (C=O) groups excluding carboxylic acids is 1. The Bertz CT molecular complexity index is 781. The molecule has 0 heterocycles. The zero-order chi connectivity index (χ0) is 18.2. The monoisotopic (exact) mass is 346 g/mol. The van der Waals surface area contributed by atoms with Gasteiger partial charge in [-0.05, 0) is 41.5 Å². The van der Waals surface area contributed by atoms with Gasteiger partial charge in [0.1, 0.15) is 17.6 Å². The molecule has 0 unspecified atom stereocenters. The summed E-state index contributed by atoms with van der Waals surface area (Å²) in [6.07, 6.45) is 2.66. The molecule has 1 amide bonds. The third-order valence-corrected chi connectivity index (χ3v) is 3.15. The van der Waals surface area contributed by atoms with E-state index in [2.05, 4.69) is 10.1 Å². The van der Waals surface area contributed by atoms with Gasteiger partial charge in [-0.1, -0.05) is 24.3 Å². The summed E-state index contributed by atoms with van der Waals surface area (Å²) in [4.78, 5) is 11.9. The molecule has 25 heavy (non-hydrogen) atoms. The van der Waals surface area contributed by atoms with E-state index in [0.717, 1.165) is 0 Å². The summed E-state index contributed by atoms with van der Waals surface area (Å²) in [5.74, 6) is -0.952. The molecule has 0 radical (unpaired) electrons. The van der Waals surface area contributed by atoms with Crippen molar-refractivity contribution in [2.75, 3.05) is 0 Å². The summed E-state index contributed by atoms with van der Waals surface area (Å²) in [5.41, 5.74) is 1.05. The van der Waals surface area contributed by atoms with E-state index in [9.17, 15) is 18.0 Å². The predicted molar refractivity (Wildman–Crippen MR) is 85.0 cm³/mol. The van der Waals surface area contributed by atoms with Crippen LogP contribution >= 0.6 is 0 Å². The van der Waals surface area contributed by atoms with Gasteiger partial charge in [-0.15, -0.1) is 0 Å². The highest BCUT2D eigenvalue weighted by molar-refractivity contribution is 5.92. The first-order chi connectivity index (χ1) is 12.0. The van der Waals surface area contributed by atoms with Crippen LogP contribution in [0, 0.1) is 17.1 Å². The van der Waals surface area contributed by atoms with Gasteiger partial charge in [-0.2, -0.15) is 14.0 Å². The van der Waals surface area contributed by atoms with Crippen molar-refractivity contribution in [1.29, 1.82) is 5.26 Å². The molecule has 0 fully saturated rings. The number of amides is 1. The van der Waals surface area contributed by atoms with Crippen molar-refractivity contribution in [3.05, 3.63) is 71.6 Å². The van der Waals surface area contributed by atoms with Crippen LogP contribution in [-0.2, 0) is 4.79 Å². The maximum atomic E-state index is 12.9. The third-order valence-electron chi connectivity index (χ3n) is 3.15. The number of hydrogen-bond acceptors (Lipinski definition) is 3. The van der Waals surface area contributed by atoms with Gasteiger partial charge >= 0.3 is 6.61 Å². The Morgan fingerprint density at radius 3 is 2.32 bits per heavy atom. The number of hydrogen-bond donors (Lipinski definition) is 1. The van der Waals surface area contributed by atoms with E-state index in [1.165, 1.54) is 60.7 Å². The quantitative estimate of drug-likeness (QED) is 0.809. The molecule has 128 valence electrons. The normalized spacial score (nSPS) is 12.0. The van der Waals surface area contributed by atoms with Gasteiger partial charge in [-0.25, -0.2) is 4.39 Å². The zero-order valence-electron chi connectivity index (χ0n) is 12.8. The van der Waals surface area contributed by atoms with Crippen molar-refractivity contribution >= 4 is 12.0 Å². The topological polar surface area (TPSA) is 62.1 Å². The van der Waals surface area contributed by atoms with Crippen LogP contribution in [0.15, 0.2) is 54.6 Å². The van der Waals surface area contributed by atoms with Crippen molar-refractivity contribution in [1.82, 2.24) is 5.32 Å². The second kappa shape index (κ2) is 8.55. The van der Waals surface area contributed by atoms with Crippen molar-refractivity contribution in [3.8, 4) is 11.8 Å². The molecule has 0 bridgehead atoms. The average Bonchev–Trinajstić information content (AvgIpc) is 2.59. The Morgan fingerprint density at radius 1 is 1.12 bits per heavy atom. The third kappa shape index (κ3) is 5.70. The van der Waals surface area contributed by atoms with Crippen LogP contribution < -0.4 is 10.1 Å². The number of nitrogens with zero attached hydrogens (tertiary/aromatic N) is 1. The summed E-state index contributed by atoms with van der Waals surface area (Å²) in [7, 11) is 0. The van der Waals surface area contributed by atoms with Crippen molar-refractivity contribution in [2.24, 2.45) is 0 Å². The van der Waals surface area contributed by atoms with E-state index in [1.54, 1.807) is 0 Å². The first-order valence-electron chi connectivity index (χ1n) is 7.16. The highest BCUT2D eigenvalue weighted by atomic mass is 19.3. The van der Waals surface area contributed by atoms with Crippen LogP contribution in [-0.4, -0.2) is 12.5 Å². The molecule has 2 rings (SSSR count). The van der Waals surface area contributed by atoms with Gasteiger partial charge in [-0.3, -0.25) is 4.79 Å². The molecule has 0 spiro atoms. The standard InChI is InChI=1S/C18H13F3N2O2/c19-14-6-4-13(5-7-14)16(11-22)23-17(24)10-3-12-1-8-15(9-2-12)25-18(20)21/h1-10,16,18H,(H,23,24)/b10-3+/t16-/m1/s1. The number of carbonyl (C=O) groups is 1. The molecule has 0 aliphatic rings. The lowest BCUT2D eigenvalue weighted by atomic mass is 10.1. The summed E-state index contributed by atoms with van der Waals surface area (Å²) in [6, 6.07) is 11.9. The second-order valence-electron chi connectivity index (χ2n) is 4.90. The SMILES string of the molecule is N#C[C@@H](NC(=O)/C=C/c1ccc(OC(F)F)cc1)c1ccc(F)cc1. The van der Waals surface area contributed by atoms with Crippen LogP contribution in [0.4, 0.5) is 13.2 Å². The fourth-order valence-corrected chi connectivity index (χ4v) is 1.97. The minimum Gasteiger partial charge on any atom is -0.435 e. The molecule has 7 heteroatoms. The van der Waals surface area contributed by atoms with Gasteiger partial charge < -0.3 is 10.1 Å². The minimum atomic E-state index is -2.90. The molecule has 1 N–H and O–H groups in total. The number of nitrogens with one attached hydrogen (secondary N) is 1. The van der Waals surface area contributed by atoms with Gasteiger partial charge in [0.05, 0.1) is 6.07 Å². The molecule has 2 aromatic carbocycles. The highest BCUT2D eigenvalue weighted by Crippen LogP contribution is 2.16. The Labute approximate surface area is 142 Å². The van der Waals surface area contributed by atoms with Crippen LogP contribution in [0.25, 0.3) is 6.08 Å². The summed E-state index contributed by atoms with van der Waals surface area (Å²) in [5, 5.41) is 11.6. The first kappa shape index (κ1) is 18.1. The molecule has 0 aromatic heterocycles. The van der Waals surface area contributed by atoms with Gasteiger partial charge in [0, 0.05) is 6.08 Å². The number of nitriles is 1. The fourth-order valence-electron chi connectivity index (χ4n) is 1.97. The van der Waals surface area contributed by atoms with Crippen molar-refractivity contribution in [3.63, 3.8) is 0 Å². The van der Waals surface area contributed by atoms with Gasteiger partial charge in [0.25, 0.3) is 0 Å². The molecule has 2 aromatic rings. The summed E-state index contributed by atoms with van der Waals surface area (Å²) in [6.45, 7) is -2.90. The second-order valence-corrected chi connectivity index (χ2v) is 4.90. The fraction of sp³-hybridized carbons (Fsp3) is 0.111. The van der Waals surface area contributed by atoms with E-state index in [-0.39, 0.29) is 5.75 Å². The zero-order valence-corrected chi connectivity index (χ0v) is 12.8. The van der Waals surface area contributed by atoms with Crippen LogP contribution in [0.3, 0.4) is 0 Å². The first-order valence-corrected chi connectivity index (χ1v) is 7.16. The van der Waals surface area contributed by atoms with E-state index in [4.69, 9.17) is 5.26 Å². The number of halogens is 3. The van der Waals surface area contributed by atoms with Crippen LogP contribution in [0.1, 0.15) is 17.2 Å².